The number of anilines is 2. The summed E-state index contributed by atoms with van der Waals surface area (Å²) in [5, 5.41) is 14.7. The highest BCUT2D eigenvalue weighted by Gasteiger charge is 2.27. The molecule has 0 aliphatic carbocycles. The van der Waals surface area contributed by atoms with Crippen molar-refractivity contribution in [2.75, 3.05) is 35.6 Å². The van der Waals surface area contributed by atoms with E-state index in [1.165, 1.54) is 12.1 Å². The topological polar surface area (TPSA) is 122 Å². The number of nitro benzene ring substituents is 1. The van der Waals surface area contributed by atoms with Gasteiger partial charge in [-0.15, -0.1) is 11.8 Å². The van der Waals surface area contributed by atoms with Crippen LogP contribution in [0.15, 0.2) is 82.6 Å². The maximum atomic E-state index is 12.9. The van der Waals surface area contributed by atoms with E-state index >= 15 is 0 Å². The third-order valence-corrected chi connectivity index (χ3v) is 8.87. The van der Waals surface area contributed by atoms with Crippen molar-refractivity contribution in [1.82, 2.24) is 4.72 Å². The van der Waals surface area contributed by atoms with Gasteiger partial charge in [0.2, 0.25) is 0 Å². The molecule has 3 aromatic rings. The number of hydrogen-bond acceptors (Lipinski definition) is 8. The quantitative estimate of drug-likeness (QED) is 0.141. The summed E-state index contributed by atoms with van der Waals surface area (Å²) in [5.74, 6) is -0.144. The van der Waals surface area contributed by atoms with Gasteiger partial charge in [0.1, 0.15) is 5.69 Å². The summed E-state index contributed by atoms with van der Waals surface area (Å²) in [6.45, 7) is 6.73. The average molecular weight is 569 g/mol. The lowest BCUT2D eigenvalue weighted by Gasteiger charge is -2.39. The van der Waals surface area contributed by atoms with E-state index in [9.17, 15) is 23.3 Å². The van der Waals surface area contributed by atoms with Crippen LogP contribution in [0.2, 0.25) is 0 Å². The number of benzene rings is 3. The molecule has 206 valence electrons. The van der Waals surface area contributed by atoms with E-state index in [4.69, 9.17) is 0 Å². The van der Waals surface area contributed by atoms with Crippen LogP contribution in [-0.2, 0) is 10.0 Å². The van der Waals surface area contributed by atoms with Crippen molar-refractivity contribution < 1.29 is 18.1 Å². The molecule has 2 N–H and O–H groups in total. The van der Waals surface area contributed by atoms with Gasteiger partial charge in [0.05, 0.1) is 9.82 Å². The van der Waals surface area contributed by atoms with Crippen LogP contribution in [0.4, 0.5) is 17.1 Å². The number of rotatable bonds is 10. The fraction of sp³-hybridized carbons (Fsp3) is 0.321. The van der Waals surface area contributed by atoms with Crippen LogP contribution in [-0.4, -0.2) is 44.6 Å². The van der Waals surface area contributed by atoms with Crippen LogP contribution in [0.3, 0.4) is 0 Å². The zero-order valence-electron chi connectivity index (χ0n) is 21.9. The number of sulfonamides is 1. The molecule has 1 fully saturated rings. The van der Waals surface area contributed by atoms with E-state index in [1.807, 2.05) is 47.2 Å². The molecule has 0 radical (unpaired) electrons. The highest BCUT2D eigenvalue weighted by atomic mass is 32.2. The van der Waals surface area contributed by atoms with Gasteiger partial charge >= 0.3 is 0 Å². The molecular formula is C28H32N4O5S2. The second-order valence-electron chi connectivity index (χ2n) is 10.2. The zero-order chi connectivity index (χ0) is 28.0. The van der Waals surface area contributed by atoms with Crippen LogP contribution in [0.25, 0.3) is 0 Å². The SMILES string of the molecule is CC1(C)CCCN(c2ccc(C(=O)NS(=O)(=O)c3ccc(NCCSc4ccccc4)c([N+](=O)[O-])c3)cc2)C1. The molecule has 1 heterocycles. The average Bonchev–Trinajstić information content (AvgIpc) is 2.91. The van der Waals surface area contributed by atoms with Gasteiger partial charge in [-0.3, -0.25) is 14.9 Å². The maximum Gasteiger partial charge on any atom is 0.293 e. The fourth-order valence-electron chi connectivity index (χ4n) is 4.56. The molecule has 9 nitrogen and oxygen atoms in total. The van der Waals surface area contributed by atoms with Crippen molar-refractivity contribution >= 4 is 44.8 Å². The van der Waals surface area contributed by atoms with E-state index in [1.54, 1.807) is 23.9 Å². The summed E-state index contributed by atoms with van der Waals surface area (Å²) in [4.78, 5) is 26.8. The summed E-state index contributed by atoms with van der Waals surface area (Å²) in [6, 6.07) is 20.1. The predicted molar refractivity (Wildman–Crippen MR) is 155 cm³/mol. The highest BCUT2D eigenvalue weighted by Crippen LogP contribution is 2.32. The van der Waals surface area contributed by atoms with Crippen LogP contribution in [0.5, 0.6) is 0 Å². The van der Waals surface area contributed by atoms with E-state index in [0.29, 0.717) is 12.3 Å². The first kappa shape index (κ1) is 28.4. The minimum atomic E-state index is -4.33. The van der Waals surface area contributed by atoms with Gasteiger partial charge < -0.3 is 10.2 Å². The number of nitro groups is 1. The van der Waals surface area contributed by atoms with Gasteiger partial charge in [0.25, 0.3) is 21.6 Å². The number of piperidine rings is 1. The number of carbonyl (C=O) groups excluding carboxylic acids is 1. The lowest BCUT2D eigenvalue weighted by atomic mass is 9.84. The number of nitrogens with one attached hydrogen (secondary N) is 2. The van der Waals surface area contributed by atoms with Crippen LogP contribution >= 0.6 is 11.8 Å². The molecule has 39 heavy (non-hydrogen) atoms. The first-order valence-electron chi connectivity index (χ1n) is 12.7. The molecule has 0 spiro atoms. The Morgan fingerprint density at radius 1 is 1.08 bits per heavy atom. The van der Waals surface area contributed by atoms with Gasteiger partial charge in [0, 0.05) is 47.6 Å². The number of hydrogen-bond donors (Lipinski definition) is 2. The Morgan fingerprint density at radius 2 is 1.79 bits per heavy atom. The summed E-state index contributed by atoms with van der Waals surface area (Å²) in [6.07, 6.45) is 2.24. The molecule has 0 atom stereocenters. The van der Waals surface area contributed by atoms with E-state index in [2.05, 4.69) is 24.1 Å². The summed E-state index contributed by atoms with van der Waals surface area (Å²) >= 11 is 1.60. The van der Waals surface area contributed by atoms with E-state index < -0.39 is 20.9 Å². The lowest BCUT2D eigenvalue weighted by molar-refractivity contribution is -0.384. The fourth-order valence-corrected chi connectivity index (χ4v) is 6.34. The Labute approximate surface area is 233 Å². The number of carbonyl (C=O) groups is 1. The molecule has 0 bridgehead atoms. The maximum absolute atomic E-state index is 12.9. The molecule has 0 unspecified atom stereocenters. The minimum Gasteiger partial charge on any atom is -0.379 e. The number of nitrogens with zero attached hydrogens (tertiary/aromatic N) is 2. The molecule has 0 aromatic heterocycles. The summed E-state index contributed by atoms with van der Waals surface area (Å²) < 4.78 is 27.9. The monoisotopic (exact) mass is 568 g/mol. The lowest BCUT2D eigenvalue weighted by Crippen LogP contribution is -2.40. The van der Waals surface area contributed by atoms with Gasteiger partial charge in [-0.1, -0.05) is 32.0 Å². The smallest absolute Gasteiger partial charge is 0.293 e. The van der Waals surface area contributed by atoms with Crippen LogP contribution in [0.1, 0.15) is 37.0 Å². The molecular weight excluding hydrogens is 536 g/mol. The number of amides is 1. The van der Waals surface area contributed by atoms with Crippen LogP contribution in [0, 0.1) is 15.5 Å². The Morgan fingerprint density at radius 3 is 2.46 bits per heavy atom. The predicted octanol–water partition coefficient (Wildman–Crippen LogP) is 5.54. The summed E-state index contributed by atoms with van der Waals surface area (Å²) in [5.41, 5.74) is 1.18. The first-order chi connectivity index (χ1) is 18.5. The molecule has 4 rings (SSSR count). The van der Waals surface area contributed by atoms with Crippen molar-refractivity contribution in [3.8, 4) is 0 Å². The van der Waals surface area contributed by atoms with Crippen LogP contribution < -0.4 is 14.9 Å². The van der Waals surface area contributed by atoms with Gasteiger partial charge in [-0.05, 0) is 66.8 Å². The standard InChI is InChI=1S/C28H32N4O5S2/c1-28(2)15-6-17-31(20-28)22-11-9-21(10-12-22)27(33)30-39(36,37)24-13-14-25(26(19-24)32(34)35)29-16-18-38-23-7-4-3-5-8-23/h3-5,7-14,19,29H,6,15-18,20H2,1-2H3,(H,30,33). The van der Waals surface area contributed by atoms with Crippen molar-refractivity contribution in [1.29, 1.82) is 0 Å². The molecule has 1 amide bonds. The van der Waals surface area contributed by atoms with Crippen molar-refractivity contribution in [3.63, 3.8) is 0 Å². The highest BCUT2D eigenvalue weighted by molar-refractivity contribution is 7.99. The van der Waals surface area contributed by atoms with E-state index in [-0.39, 0.29) is 27.2 Å². The van der Waals surface area contributed by atoms with Crippen molar-refractivity contribution in [2.45, 2.75) is 36.5 Å². The number of thioether (sulfide) groups is 1. The Hall–Kier alpha value is -3.57. The molecule has 1 saturated heterocycles. The third kappa shape index (κ3) is 7.51. The third-order valence-electron chi connectivity index (χ3n) is 6.53. The Bertz CT molecular complexity index is 1430. The van der Waals surface area contributed by atoms with Gasteiger partial charge in [-0.25, -0.2) is 13.1 Å². The van der Waals surface area contributed by atoms with Gasteiger partial charge in [0.15, 0.2) is 0 Å². The molecule has 1 aliphatic heterocycles. The molecule has 3 aromatic carbocycles. The Kier molecular flexibility index (Phi) is 8.81. The molecule has 0 saturated carbocycles. The second kappa shape index (κ2) is 12.1. The largest absolute Gasteiger partial charge is 0.379 e. The zero-order valence-corrected chi connectivity index (χ0v) is 23.6. The van der Waals surface area contributed by atoms with Gasteiger partial charge in [-0.2, -0.15) is 0 Å². The Balaban J connectivity index is 1.40. The van der Waals surface area contributed by atoms with E-state index in [0.717, 1.165) is 42.6 Å². The normalized spacial score (nSPS) is 15.0. The van der Waals surface area contributed by atoms with Crippen molar-refractivity contribution in [2.24, 2.45) is 5.41 Å². The minimum absolute atomic E-state index is 0.183. The molecule has 1 aliphatic rings. The first-order valence-corrected chi connectivity index (χ1v) is 15.1. The summed E-state index contributed by atoms with van der Waals surface area (Å²) in [7, 11) is -4.33. The second-order valence-corrected chi connectivity index (χ2v) is 13.0. The van der Waals surface area contributed by atoms with Crippen molar-refractivity contribution in [3.05, 3.63) is 88.5 Å². The molecule has 11 heteroatoms.